The molecule has 6 nitrogen and oxygen atoms in total. The van der Waals surface area contributed by atoms with Crippen LogP contribution in [0.2, 0.25) is 0 Å². The smallest absolute Gasteiger partial charge is 0.346 e. The molecule has 0 unspecified atom stereocenters. The Morgan fingerprint density at radius 2 is 2.22 bits per heavy atom. The van der Waals surface area contributed by atoms with Crippen LogP contribution in [0.3, 0.4) is 0 Å². The minimum absolute atomic E-state index is 0.233. The molecule has 2 N–H and O–H groups in total. The van der Waals surface area contributed by atoms with Gasteiger partial charge in [-0.1, -0.05) is 0 Å². The molecule has 0 saturated carbocycles. The van der Waals surface area contributed by atoms with Gasteiger partial charge in [-0.2, -0.15) is 5.10 Å². The lowest BCUT2D eigenvalue weighted by Gasteiger charge is -1.98. The summed E-state index contributed by atoms with van der Waals surface area (Å²) in [4.78, 5) is 22.9. The van der Waals surface area contributed by atoms with E-state index in [9.17, 15) is 9.59 Å². The number of hydrogen-bond donors (Lipinski definition) is 2. The highest BCUT2D eigenvalue weighted by Crippen LogP contribution is 2.26. The molecule has 0 atom stereocenters. The molecule has 2 aromatic heterocycles. The Balaban J connectivity index is 2.17. The largest absolute Gasteiger partial charge is 0.477 e. The first-order chi connectivity index (χ1) is 8.47. The van der Waals surface area contributed by atoms with Crippen LogP contribution in [0.5, 0.6) is 0 Å². The minimum Gasteiger partial charge on any atom is -0.477 e. The van der Waals surface area contributed by atoms with Gasteiger partial charge in [0.05, 0.1) is 16.8 Å². The molecular formula is C11H11N3O3S. The number of carboxylic acid groups (broad SMARTS) is 1. The van der Waals surface area contributed by atoms with Crippen molar-refractivity contribution in [1.82, 2.24) is 9.78 Å². The number of carbonyl (C=O) groups is 2. The van der Waals surface area contributed by atoms with Gasteiger partial charge >= 0.3 is 5.97 Å². The summed E-state index contributed by atoms with van der Waals surface area (Å²) in [6, 6.07) is 1.64. The number of carbonyl (C=O) groups excluding carboxylic acids is 1. The van der Waals surface area contributed by atoms with Crippen molar-refractivity contribution in [2.75, 3.05) is 5.32 Å². The lowest BCUT2D eigenvalue weighted by Crippen LogP contribution is -2.09. The average molecular weight is 265 g/mol. The fourth-order valence-electron chi connectivity index (χ4n) is 1.48. The van der Waals surface area contributed by atoms with Crippen molar-refractivity contribution in [2.45, 2.75) is 6.92 Å². The van der Waals surface area contributed by atoms with Crippen molar-refractivity contribution in [1.29, 1.82) is 0 Å². The maximum atomic E-state index is 11.8. The van der Waals surface area contributed by atoms with E-state index in [4.69, 9.17) is 5.11 Å². The van der Waals surface area contributed by atoms with Gasteiger partial charge in [-0.15, -0.1) is 11.3 Å². The molecule has 0 aliphatic heterocycles. The van der Waals surface area contributed by atoms with Gasteiger partial charge in [0.2, 0.25) is 0 Å². The fourth-order valence-corrected chi connectivity index (χ4v) is 2.39. The molecule has 2 aromatic rings. The number of hydrogen-bond acceptors (Lipinski definition) is 4. The van der Waals surface area contributed by atoms with Crippen LogP contribution in [0, 0.1) is 6.92 Å². The van der Waals surface area contributed by atoms with E-state index in [0.717, 1.165) is 11.3 Å². The van der Waals surface area contributed by atoms with Gasteiger partial charge in [-0.05, 0) is 18.6 Å². The maximum Gasteiger partial charge on any atom is 0.346 e. The lowest BCUT2D eigenvalue weighted by atomic mass is 10.3. The van der Waals surface area contributed by atoms with Crippen molar-refractivity contribution in [3.05, 3.63) is 34.5 Å². The fraction of sp³-hybridized carbons (Fsp3) is 0.182. The van der Waals surface area contributed by atoms with Crippen LogP contribution in [0.15, 0.2) is 18.5 Å². The Morgan fingerprint density at radius 1 is 1.50 bits per heavy atom. The normalized spacial score (nSPS) is 10.3. The first-order valence-electron chi connectivity index (χ1n) is 5.11. The first-order valence-corrected chi connectivity index (χ1v) is 5.92. The van der Waals surface area contributed by atoms with Crippen molar-refractivity contribution < 1.29 is 14.7 Å². The number of aromatic carboxylic acids is 1. The molecular weight excluding hydrogens is 254 g/mol. The molecule has 0 fully saturated rings. The van der Waals surface area contributed by atoms with E-state index >= 15 is 0 Å². The van der Waals surface area contributed by atoms with E-state index in [1.807, 2.05) is 0 Å². The third-order valence-corrected chi connectivity index (χ3v) is 3.46. The minimum atomic E-state index is -0.987. The summed E-state index contributed by atoms with van der Waals surface area (Å²) in [5.41, 5.74) is 1.06. The van der Waals surface area contributed by atoms with Gasteiger partial charge < -0.3 is 10.4 Å². The number of anilines is 1. The summed E-state index contributed by atoms with van der Waals surface area (Å²) >= 11 is 1.04. The van der Waals surface area contributed by atoms with E-state index in [1.54, 1.807) is 26.2 Å². The number of amides is 1. The molecule has 1 amide bonds. The van der Waals surface area contributed by atoms with Crippen LogP contribution in [0.25, 0.3) is 0 Å². The summed E-state index contributed by atoms with van der Waals surface area (Å²) in [5, 5.41) is 16.0. The number of thiophene rings is 1. The standard InChI is InChI=1S/C11H11N3O3S/c1-6-3-8(18-9(6)11(16)17)13-10(15)7-4-12-14(2)5-7/h3-5H,1-2H3,(H,13,15)(H,16,17). The van der Waals surface area contributed by atoms with Crippen molar-refractivity contribution in [2.24, 2.45) is 7.05 Å². The monoisotopic (exact) mass is 265 g/mol. The van der Waals surface area contributed by atoms with E-state index < -0.39 is 5.97 Å². The summed E-state index contributed by atoms with van der Waals surface area (Å²) in [7, 11) is 1.72. The zero-order chi connectivity index (χ0) is 13.3. The quantitative estimate of drug-likeness (QED) is 0.885. The molecule has 18 heavy (non-hydrogen) atoms. The van der Waals surface area contributed by atoms with Crippen molar-refractivity contribution in [3.8, 4) is 0 Å². The number of nitrogens with zero attached hydrogens (tertiary/aromatic N) is 2. The number of carboxylic acids is 1. The Hall–Kier alpha value is -2.15. The molecule has 2 heterocycles. The van der Waals surface area contributed by atoms with Crippen LogP contribution in [-0.4, -0.2) is 26.8 Å². The van der Waals surface area contributed by atoms with Gasteiger partial charge in [-0.3, -0.25) is 9.48 Å². The molecule has 0 aliphatic carbocycles. The van der Waals surface area contributed by atoms with Gasteiger partial charge in [-0.25, -0.2) is 4.79 Å². The van der Waals surface area contributed by atoms with Gasteiger partial charge in [0.15, 0.2) is 0 Å². The Morgan fingerprint density at radius 3 is 2.72 bits per heavy atom. The van der Waals surface area contributed by atoms with Gasteiger partial charge in [0.25, 0.3) is 5.91 Å². The predicted octanol–water partition coefficient (Wildman–Crippen LogP) is 1.74. The van der Waals surface area contributed by atoms with Crippen LogP contribution in [0.1, 0.15) is 25.6 Å². The summed E-state index contributed by atoms with van der Waals surface area (Å²) < 4.78 is 1.53. The third-order valence-electron chi connectivity index (χ3n) is 2.32. The second-order valence-electron chi connectivity index (χ2n) is 3.78. The lowest BCUT2D eigenvalue weighted by molar-refractivity contribution is 0.0701. The van der Waals surface area contributed by atoms with Crippen LogP contribution in [0.4, 0.5) is 5.00 Å². The molecule has 0 aromatic carbocycles. The van der Waals surface area contributed by atoms with Crippen LogP contribution < -0.4 is 5.32 Å². The number of nitrogens with one attached hydrogen (secondary N) is 1. The maximum absolute atomic E-state index is 11.8. The predicted molar refractivity (Wildman–Crippen MR) is 67.2 cm³/mol. The Kier molecular flexibility index (Phi) is 3.15. The number of rotatable bonds is 3. The summed E-state index contributed by atoms with van der Waals surface area (Å²) in [6.45, 7) is 1.69. The molecule has 0 spiro atoms. The van der Waals surface area contributed by atoms with Crippen molar-refractivity contribution >= 4 is 28.2 Å². The Labute approximate surface area is 107 Å². The molecule has 94 valence electrons. The van der Waals surface area contributed by atoms with Crippen LogP contribution in [-0.2, 0) is 7.05 Å². The first kappa shape index (κ1) is 12.3. The zero-order valence-electron chi connectivity index (χ0n) is 9.80. The number of aryl methyl sites for hydroxylation is 2. The highest BCUT2D eigenvalue weighted by atomic mass is 32.1. The Bertz CT molecular complexity index is 615. The van der Waals surface area contributed by atoms with Gasteiger partial charge in [0, 0.05) is 13.2 Å². The third kappa shape index (κ3) is 2.40. The summed E-state index contributed by atoms with van der Waals surface area (Å²) in [5.74, 6) is -1.29. The van der Waals surface area contributed by atoms with Crippen LogP contribution >= 0.6 is 11.3 Å². The van der Waals surface area contributed by atoms with Gasteiger partial charge in [0.1, 0.15) is 4.88 Å². The zero-order valence-corrected chi connectivity index (χ0v) is 10.6. The topological polar surface area (TPSA) is 84.2 Å². The molecule has 0 bridgehead atoms. The van der Waals surface area contributed by atoms with E-state index in [1.165, 1.54) is 10.9 Å². The second-order valence-corrected chi connectivity index (χ2v) is 4.84. The highest BCUT2D eigenvalue weighted by Gasteiger charge is 2.15. The molecule has 2 rings (SSSR count). The summed E-state index contributed by atoms with van der Waals surface area (Å²) in [6.07, 6.45) is 3.04. The van der Waals surface area contributed by atoms with E-state index in [0.29, 0.717) is 16.1 Å². The number of aromatic nitrogens is 2. The molecule has 0 aliphatic rings. The molecule has 0 radical (unpaired) electrons. The van der Waals surface area contributed by atoms with Crippen molar-refractivity contribution in [3.63, 3.8) is 0 Å². The average Bonchev–Trinajstić information content (AvgIpc) is 2.85. The second kappa shape index (κ2) is 4.61. The SMILES string of the molecule is Cc1cc(NC(=O)c2cnn(C)c2)sc1C(=O)O. The highest BCUT2D eigenvalue weighted by molar-refractivity contribution is 7.18. The molecule has 7 heteroatoms. The van der Waals surface area contributed by atoms with E-state index in [2.05, 4.69) is 10.4 Å². The van der Waals surface area contributed by atoms with E-state index in [-0.39, 0.29) is 10.8 Å². The molecule has 0 saturated heterocycles.